The molecule has 0 aliphatic heterocycles. The summed E-state index contributed by atoms with van der Waals surface area (Å²) in [5.74, 6) is -0.963. The SMILES string of the molecule is CN(C)C(=O)c1ccc(CNC(=O)c2ccc(F)cc2Cl)cc1. The predicted molar refractivity (Wildman–Crippen MR) is 87.0 cm³/mol. The summed E-state index contributed by atoms with van der Waals surface area (Å²) in [6, 6.07) is 10.6. The Kier molecular flexibility index (Phi) is 5.34. The van der Waals surface area contributed by atoms with Crippen molar-refractivity contribution in [1.29, 1.82) is 0 Å². The number of nitrogens with zero attached hydrogens (tertiary/aromatic N) is 1. The summed E-state index contributed by atoms with van der Waals surface area (Å²) < 4.78 is 13.0. The molecule has 2 amide bonds. The van der Waals surface area contributed by atoms with Crippen molar-refractivity contribution in [3.05, 3.63) is 70.0 Å². The van der Waals surface area contributed by atoms with Crippen LogP contribution in [0.4, 0.5) is 4.39 Å². The van der Waals surface area contributed by atoms with Crippen molar-refractivity contribution in [2.24, 2.45) is 0 Å². The molecule has 2 rings (SSSR count). The van der Waals surface area contributed by atoms with Crippen molar-refractivity contribution in [3.63, 3.8) is 0 Å². The molecule has 0 spiro atoms. The lowest BCUT2D eigenvalue weighted by molar-refractivity contribution is 0.0827. The van der Waals surface area contributed by atoms with E-state index in [0.717, 1.165) is 11.6 Å². The van der Waals surface area contributed by atoms with Crippen LogP contribution in [0.5, 0.6) is 0 Å². The van der Waals surface area contributed by atoms with Crippen molar-refractivity contribution in [3.8, 4) is 0 Å². The van der Waals surface area contributed by atoms with Crippen LogP contribution in [0, 0.1) is 5.82 Å². The molecular weight excluding hydrogens is 319 g/mol. The van der Waals surface area contributed by atoms with E-state index in [1.165, 1.54) is 17.0 Å². The number of benzene rings is 2. The molecule has 0 saturated carbocycles. The minimum absolute atomic E-state index is 0.0643. The Hall–Kier alpha value is -2.40. The third-order valence-electron chi connectivity index (χ3n) is 3.24. The fourth-order valence-electron chi connectivity index (χ4n) is 1.97. The molecule has 0 aliphatic rings. The summed E-state index contributed by atoms with van der Waals surface area (Å²) in [6.07, 6.45) is 0. The lowest BCUT2D eigenvalue weighted by Crippen LogP contribution is -2.23. The average Bonchev–Trinajstić information content (AvgIpc) is 2.52. The van der Waals surface area contributed by atoms with Gasteiger partial charge in [0.2, 0.25) is 0 Å². The Morgan fingerprint density at radius 3 is 2.35 bits per heavy atom. The highest BCUT2D eigenvalue weighted by atomic mass is 35.5. The first kappa shape index (κ1) is 17.0. The smallest absolute Gasteiger partial charge is 0.253 e. The molecule has 2 aromatic rings. The minimum atomic E-state index is -0.493. The van der Waals surface area contributed by atoms with Crippen LogP contribution in [0.15, 0.2) is 42.5 Å². The number of nitrogens with one attached hydrogen (secondary N) is 1. The van der Waals surface area contributed by atoms with Crippen molar-refractivity contribution in [2.75, 3.05) is 14.1 Å². The molecule has 0 aromatic heterocycles. The number of hydrogen-bond donors (Lipinski definition) is 1. The Morgan fingerprint density at radius 2 is 1.78 bits per heavy atom. The van der Waals surface area contributed by atoms with Gasteiger partial charge in [-0.3, -0.25) is 9.59 Å². The quantitative estimate of drug-likeness (QED) is 0.934. The first-order valence-electron chi connectivity index (χ1n) is 6.92. The van der Waals surface area contributed by atoms with Crippen LogP contribution in [0.3, 0.4) is 0 Å². The fraction of sp³-hybridized carbons (Fsp3) is 0.176. The monoisotopic (exact) mass is 334 g/mol. The normalized spacial score (nSPS) is 10.3. The van der Waals surface area contributed by atoms with Gasteiger partial charge >= 0.3 is 0 Å². The van der Waals surface area contributed by atoms with Gasteiger partial charge in [0.1, 0.15) is 5.82 Å². The predicted octanol–water partition coefficient (Wildman–Crippen LogP) is 3.11. The van der Waals surface area contributed by atoms with Crippen molar-refractivity contribution < 1.29 is 14.0 Å². The van der Waals surface area contributed by atoms with Gasteiger partial charge in [0.25, 0.3) is 11.8 Å². The largest absolute Gasteiger partial charge is 0.348 e. The summed E-state index contributed by atoms with van der Waals surface area (Å²) in [6.45, 7) is 0.281. The van der Waals surface area contributed by atoms with E-state index in [0.29, 0.717) is 5.56 Å². The van der Waals surface area contributed by atoms with E-state index in [2.05, 4.69) is 5.32 Å². The number of rotatable bonds is 4. The van der Waals surface area contributed by atoms with Gasteiger partial charge in [-0.2, -0.15) is 0 Å². The zero-order valence-electron chi connectivity index (χ0n) is 12.8. The molecule has 0 heterocycles. The molecule has 23 heavy (non-hydrogen) atoms. The average molecular weight is 335 g/mol. The van der Waals surface area contributed by atoms with Crippen molar-refractivity contribution >= 4 is 23.4 Å². The van der Waals surface area contributed by atoms with Crippen LogP contribution in [0.25, 0.3) is 0 Å². The Bertz CT molecular complexity index is 730. The van der Waals surface area contributed by atoms with E-state index in [1.54, 1.807) is 38.4 Å². The molecule has 4 nitrogen and oxygen atoms in total. The molecule has 0 unspecified atom stereocenters. The number of amides is 2. The summed E-state index contributed by atoms with van der Waals surface area (Å²) in [7, 11) is 3.37. The molecule has 0 bridgehead atoms. The maximum atomic E-state index is 13.0. The third-order valence-corrected chi connectivity index (χ3v) is 3.55. The molecule has 0 fully saturated rings. The van der Waals surface area contributed by atoms with Crippen LogP contribution >= 0.6 is 11.6 Å². The second kappa shape index (κ2) is 7.24. The lowest BCUT2D eigenvalue weighted by Gasteiger charge is -2.11. The molecule has 2 aromatic carbocycles. The van der Waals surface area contributed by atoms with Crippen LogP contribution in [0.2, 0.25) is 5.02 Å². The van der Waals surface area contributed by atoms with Crippen molar-refractivity contribution in [1.82, 2.24) is 10.2 Å². The molecule has 0 aliphatic carbocycles. The maximum absolute atomic E-state index is 13.0. The van der Waals surface area contributed by atoms with Crippen LogP contribution in [-0.4, -0.2) is 30.8 Å². The van der Waals surface area contributed by atoms with Gasteiger partial charge in [-0.25, -0.2) is 4.39 Å². The third kappa shape index (κ3) is 4.29. The van der Waals surface area contributed by atoms with E-state index < -0.39 is 5.82 Å². The van der Waals surface area contributed by atoms with Crippen LogP contribution < -0.4 is 5.32 Å². The van der Waals surface area contributed by atoms with Gasteiger partial charge in [-0.1, -0.05) is 23.7 Å². The van der Waals surface area contributed by atoms with Gasteiger partial charge in [0.05, 0.1) is 10.6 Å². The number of carbonyl (C=O) groups excluding carboxylic acids is 2. The summed E-state index contributed by atoms with van der Waals surface area (Å²) >= 11 is 5.85. The number of hydrogen-bond acceptors (Lipinski definition) is 2. The summed E-state index contributed by atoms with van der Waals surface area (Å²) in [5.41, 5.74) is 1.63. The fourth-order valence-corrected chi connectivity index (χ4v) is 2.23. The van der Waals surface area contributed by atoms with Gasteiger partial charge in [-0.05, 0) is 35.9 Å². The Labute approximate surface area is 138 Å². The second-order valence-electron chi connectivity index (χ2n) is 5.20. The standard InChI is InChI=1S/C17H16ClFN2O2/c1-21(2)17(23)12-5-3-11(4-6-12)10-20-16(22)14-8-7-13(19)9-15(14)18/h3-9H,10H2,1-2H3,(H,20,22). The highest BCUT2D eigenvalue weighted by Crippen LogP contribution is 2.17. The van der Waals surface area contributed by atoms with E-state index in [-0.39, 0.29) is 28.9 Å². The molecule has 0 saturated heterocycles. The second-order valence-corrected chi connectivity index (χ2v) is 5.61. The molecule has 1 N–H and O–H groups in total. The Balaban J connectivity index is 2.00. The van der Waals surface area contributed by atoms with Crippen LogP contribution in [-0.2, 0) is 6.54 Å². The van der Waals surface area contributed by atoms with E-state index in [4.69, 9.17) is 11.6 Å². The van der Waals surface area contributed by atoms with E-state index >= 15 is 0 Å². The number of carbonyl (C=O) groups is 2. The first-order chi connectivity index (χ1) is 10.9. The molecular formula is C17H16ClFN2O2. The molecule has 120 valence electrons. The highest BCUT2D eigenvalue weighted by Gasteiger charge is 2.11. The van der Waals surface area contributed by atoms with Gasteiger partial charge < -0.3 is 10.2 Å². The maximum Gasteiger partial charge on any atom is 0.253 e. The van der Waals surface area contributed by atoms with Crippen molar-refractivity contribution in [2.45, 2.75) is 6.54 Å². The van der Waals surface area contributed by atoms with Gasteiger partial charge in [-0.15, -0.1) is 0 Å². The van der Waals surface area contributed by atoms with E-state index in [9.17, 15) is 14.0 Å². The first-order valence-corrected chi connectivity index (χ1v) is 7.30. The van der Waals surface area contributed by atoms with Gasteiger partial charge in [0.15, 0.2) is 0 Å². The van der Waals surface area contributed by atoms with Crippen LogP contribution in [0.1, 0.15) is 26.3 Å². The topological polar surface area (TPSA) is 49.4 Å². The molecule has 0 radical (unpaired) electrons. The lowest BCUT2D eigenvalue weighted by atomic mass is 10.1. The highest BCUT2D eigenvalue weighted by molar-refractivity contribution is 6.33. The number of halogens is 2. The minimum Gasteiger partial charge on any atom is -0.348 e. The zero-order chi connectivity index (χ0) is 17.0. The van der Waals surface area contributed by atoms with E-state index in [1.807, 2.05) is 0 Å². The molecule has 0 atom stereocenters. The molecule has 6 heteroatoms. The summed E-state index contributed by atoms with van der Waals surface area (Å²) in [4.78, 5) is 25.3. The van der Waals surface area contributed by atoms with Gasteiger partial charge in [0, 0.05) is 26.2 Å². The summed E-state index contributed by atoms with van der Waals surface area (Å²) in [5, 5.41) is 2.77. The zero-order valence-corrected chi connectivity index (χ0v) is 13.5. The Morgan fingerprint density at radius 1 is 1.13 bits per heavy atom.